The Labute approximate surface area is 151 Å². The van der Waals surface area contributed by atoms with Crippen LogP contribution in [0.1, 0.15) is 22.0 Å². The van der Waals surface area contributed by atoms with Crippen molar-refractivity contribution in [2.45, 2.75) is 6.42 Å². The second kappa shape index (κ2) is 7.45. The molecular weight excluding hydrogens is 330 g/mol. The maximum atomic E-state index is 12.8. The van der Waals surface area contributed by atoms with E-state index in [2.05, 4.69) is 15.1 Å². The van der Waals surface area contributed by atoms with E-state index in [0.29, 0.717) is 38.5 Å². The molecule has 1 aliphatic heterocycles. The van der Waals surface area contributed by atoms with Gasteiger partial charge in [0.2, 0.25) is 5.82 Å². The van der Waals surface area contributed by atoms with Gasteiger partial charge < -0.3 is 9.64 Å². The fraction of sp³-hybridized carbons (Fsp3) is 0.263. The molecule has 0 unspecified atom stereocenters. The molecule has 0 radical (unpaired) electrons. The third kappa shape index (κ3) is 3.48. The molecule has 1 aliphatic rings. The van der Waals surface area contributed by atoms with Crippen molar-refractivity contribution in [2.75, 3.05) is 26.3 Å². The molecule has 7 nitrogen and oxygen atoms in total. The summed E-state index contributed by atoms with van der Waals surface area (Å²) in [6.07, 6.45) is 4.00. The van der Waals surface area contributed by atoms with Gasteiger partial charge >= 0.3 is 0 Å². The highest BCUT2D eigenvalue weighted by molar-refractivity contribution is 5.90. The van der Waals surface area contributed by atoms with E-state index in [1.54, 1.807) is 22.0 Å². The normalized spacial score (nSPS) is 14.4. The zero-order chi connectivity index (χ0) is 17.8. The Morgan fingerprint density at radius 1 is 1.08 bits per heavy atom. The van der Waals surface area contributed by atoms with Crippen LogP contribution in [-0.2, 0) is 11.2 Å². The molecule has 1 amide bonds. The standard InChI is InChI=1S/C19H19N5O2/c25-19(23-9-11-26-12-10-23)18-21-17(13-15-5-2-1-3-6-15)24(22-18)16-7-4-8-20-14-16/h1-8,14H,9-13H2. The van der Waals surface area contributed by atoms with Crippen LogP contribution in [0.3, 0.4) is 0 Å². The molecule has 4 rings (SSSR count). The molecule has 3 aromatic rings. The number of amides is 1. The Bertz CT molecular complexity index is 873. The molecule has 0 spiro atoms. The number of ether oxygens (including phenoxy) is 1. The minimum Gasteiger partial charge on any atom is -0.378 e. The van der Waals surface area contributed by atoms with Crippen molar-refractivity contribution in [2.24, 2.45) is 0 Å². The van der Waals surface area contributed by atoms with Gasteiger partial charge in [-0.2, -0.15) is 0 Å². The number of morpholine rings is 1. The molecule has 0 N–H and O–H groups in total. The maximum Gasteiger partial charge on any atom is 0.293 e. The molecule has 26 heavy (non-hydrogen) atoms. The van der Waals surface area contributed by atoms with Crippen LogP contribution in [0.25, 0.3) is 5.69 Å². The molecule has 1 aromatic carbocycles. The third-order valence-corrected chi connectivity index (χ3v) is 4.26. The first-order valence-corrected chi connectivity index (χ1v) is 8.58. The summed E-state index contributed by atoms with van der Waals surface area (Å²) in [5, 5.41) is 4.49. The van der Waals surface area contributed by atoms with Crippen molar-refractivity contribution in [1.82, 2.24) is 24.6 Å². The van der Waals surface area contributed by atoms with Gasteiger partial charge in [0, 0.05) is 25.7 Å². The van der Waals surface area contributed by atoms with Crippen LogP contribution in [0.2, 0.25) is 0 Å². The van der Waals surface area contributed by atoms with Crippen LogP contribution >= 0.6 is 0 Å². The highest BCUT2D eigenvalue weighted by Crippen LogP contribution is 2.14. The summed E-state index contributed by atoms with van der Waals surface area (Å²) in [6.45, 7) is 2.22. The van der Waals surface area contributed by atoms with Crippen LogP contribution in [0.4, 0.5) is 0 Å². The lowest BCUT2D eigenvalue weighted by Crippen LogP contribution is -2.41. The Morgan fingerprint density at radius 2 is 1.88 bits per heavy atom. The number of carbonyl (C=O) groups is 1. The number of pyridine rings is 1. The van der Waals surface area contributed by atoms with Crippen LogP contribution < -0.4 is 0 Å². The number of benzene rings is 1. The Morgan fingerprint density at radius 3 is 2.62 bits per heavy atom. The summed E-state index contributed by atoms with van der Waals surface area (Å²) in [6, 6.07) is 13.8. The smallest absolute Gasteiger partial charge is 0.293 e. The third-order valence-electron chi connectivity index (χ3n) is 4.26. The molecule has 1 saturated heterocycles. The molecule has 7 heteroatoms. The molecular formula is C19H19N5O2. The highest BCUT2D eigenvalue weighted by atomic mass is 16.5. The molecule has 0 saturated carbocycles. The maximum absolute atomic E-state index is 12.8. The zero-order valence-corrected chi connectivity index (χ0v) is 14.3. The fourth-order valence-corrected chi connectivity index (χ4v) is 2.92. The Balaban J connectivity index is 1.69. The molecule has 2 aromatic heterocycles. The van der Waals surface area contributed by atoms with Crippen molar-refractivity contribution < 1.29 is 9.53 Å². The second-order valence-electron chi connectivity index (χ2n) is 6.04. The predicted octanol–water partition coefficient (Wildman–Crippen LogP) is 1.73. The summed E-state index contributed by atoms with van der Waals surface area (Å²) in [7, 11) is 0. The SMILES string of the molecule is O=C(c1nc(Cc2ccccc2)n(-c2cccnc2)n1)N1CCOCC1. The van der Waals surface area contributed by atoms with E-state index in [-0.39, 0.29) is 11.7 Å². The number of nitrogens with zero attached hydrogens (tertiary/aromatic N) is 5. The van der Waals surface area contributed by atoms with Crippen molar-refractivity contribution in [1.29, 1.82) is 0 Å². The summed E-state index contributed by atoms with van der Waals surface area (Å²) in [4.78, 5) is 23.2. The van der Waals surface area contributed by atoms with Crippen LogP contribution in [0, 0.1) is 0 Å². The molecule has 132 valence electrons. The number of hydrogen-bond acceptors (Lipinski definition) is 5. The van der Waals surface area contributed by atoms with Crippen molar-refractivity contribution in [3.05, 3.63) is 72.1 Å². The minimum absolute atomic E-state index is 0.162. The van der Waals surface area contributed by atoms with Gasteiger partial charge in [-0.3, -0.25) is 9.78 Å². The fourth-order valence-electron chi connectivity index (χ4n) is 2.92. The quantitative estimate of drug-likeness (QED) is 0.717. The Kier molecular flexibility index (Phi) is 4.70. The van der Waals surface area contributed by atoms with Crippen LogP contribution in [0.15, 0.2) is 54.9 Å². The van der Waals surface area contributed by atoms with Crippen molar-refractivity contribution in [3.8, 4) is 5.69 Å². The lowest BCUT2D eigenvalue weighted by Gasteiger charge is -2.25. The lowest BCUT2D eigenvalue weighted by atomic mass is 10.1. The van der Waals surface area contributed by atoms with Gasteiger partial charge in [-0.1, -0.05) is 30.3 Å². The zero-order valence-electron chi connectivity index (χ0n) is 14.3. The summed E-state index contributed by atoms with van der Waals surface area (Å²) in [5.41, 5.74) is 1.89. The first kappa shape index (κ1) is 16.4. The summed E-state index contributed by atoms with van der Waals surface area (Å²) < 4.78 is 7.02. The highest BCUT2D eigenvalue weighted by Gasteiger charge is 2.24. The average Bonchev–Trinajstić information content (AvgIpc) is 3.13. The van der Waals surface area contributed by atoms with Gasteiger partial charge in [0.25, 0.3) is 5.91 Å². The van der Waals surface area contributed by atoms with E-state index in [4.69, 9.17) is 4.74 Å². The number of aromatic nitrogens is 4. The Hall–Kier alpha value is -3.06. The van der Waals surface area contributed by atoms with E-state index in [1.165, 1.54) is 0 Å². The average molecular weight is 349 g/mol. The monoisotopic (exact) mass is 349 g/mol. The molecule has 0 bridgehead atoms. The van der Waals surface area contributed by atoms with E-state index >= 15 is 0 Å². The lowest BCUT2D eigenvalue weighted by molar-refractivity contribution is 0.0295. The molecule has 3 heterocycles. The van der Waals surface area contributed by atoms with Gasteiger partial charge in [0.1, 0.15) is 5.82 Å². The van der Waals surface area contributed by atoms with Gasteiger partial charge in [0.05, 0.1) is 25.1 Å². The van der Waals surface area contributed by atoms with Gasteiger partial charge in [-0.25, -0.2) is 9.67 Å². The number of hydrogen-bond donors (Lipinski definition) is 0. The summed E-state index contributed by atoms with van der Waals surface area (Å²) in [5.74, 6) is 0.757. The van der Waals surface area contributed by atoms with Crippen molar-refractivity contribution in [3.63, 3.8) is 0 Å². The molecule has 0 atom stereocenters. The second-order valence-corrected chi connectivity index (χ2v) is 6.04. The van der Waals surface area contributed by atoms with E-state index < -0.39 is 0 Å². The number of rotatable bonds is 4. The van der Waals surface area contributed by atoms with Crippen LogP contribution in [0.5, 0.6) is 0 Å². The van der Waals surface area contributed by atoms with Gasteiger partial charge in [-0.15, -0.1) is 5.10 Å². The van der Waals surface area contributed by atoms with E-state index in [1.807, 2.05) is 42.5 Å². The first-order chi connectivity index (χ1) is 12.8. The van der Waals surface area contributed by atoms with E-state index in [0.717, 1.165) is 11.3 Å². The van der Waals surface area contributed by atoms with Crippen LogP contribution in [-0.4, -0.2) is 56.9 Å². The van der Waals surface area contributed by atoms with Gasteiger partial charge in [0.15, 0.2) is 0 Å². The molecule has 0 aliphatic carbocycles. The number of carbonyl (C=O) groups excluding carboxylic acids is 1. The largest absolute Gasteiger partial charge is 0.378 e. The molecule has 1 fully saturated rings. The van der Waals surface area contributed by atoms with E-state index in [9.17, 15) is 4.79 Å². The van der Waals surface area contributed by atoms with Crippen molar-refractivity contribution >= 4 is 5.91 Å². The summed E-state index contributed by atoms with van der Waals surface area (Å²) >= 11 is 0. The topological polar surface area (TPSA) is 73.1 Å². The first-order valence-electron chi connectivity index (χ1n) is 8.58. The minimum atomic E-state index is -0.162. The predicted molar refractivity (Wildman–Crippen MR) is 95.1 cm³/mol. The van der Waals surface area contributed by atoms with Gasteiger partial charge in [-0.05, 0) is 17.7 Å².